The molecule has 0 unspecified atom stereocenters. The second-order valence-corrected chi connectivity index (χ2v) is 4.56. The van der Waals surface area contributed by atoms with Crippen molar-refractivity contribution in [1.82, 2.24) is 4.98 Å². The van der Waals surface area contributed by atoms with E-state index >= 15 is 0 Å². The fourth-order valence-electron chi connectivity index (χ4n) is 2.12. The van der Waals surface area contributed by atoms with Gasteiger partial charge in [-0.25, -0.2) is 4.98 Å². The van der Waals surface area contributed by atoms with Gasteiger partial charge in [-0.15, -0.1) is 0 Å². The quantitative estimate of drug-likeness (QED) is 0.797. The number of aryl methyl sites for hydroxylation is 1. The van der Waals surface area contributed by atoms with Gasteiger partial charge < -0.3 is 11.1 Å². The van der Waals surface area contributed by atoms with Crippen LogP contribution in [0.1, 0.15) is 38.2 Å². The summed E-state index contributed by atoms with van der Waals surface area (Å²) >= 11 is 0. The zero-order chi connectivity index (χ0) is 10.9. The van der Waals surface area contributed by atoms with Crippen LogP contribution in [0.15, 0.2) is 12.3 Å². The molecule has 0 spiro atoms. The van der Waals surface area contributed by atoms with Crippen LogP contribution in [0.4, 0.5) is 11.5 Å². The molecule has 0 aliphatic heterocycles. The Kier molecular flexibility index (Phi) is 2.55. The summed E-state index contributed by atoms with van der Waals surface area (Å²) in [6.07, 6.45) is 6.78. The number of nitrogens with two attached hydrogens (primary N) is 1. The van der Waals surface area contributed by atoms with Crippen LogP contribution in [0.2, 0.25) is 0 Å². The van der Waals surface area contributed by atoms with Gasteiger partial charge in [0.05, 0.1) is 5.69 Å². The van der Waals surface area contributed by atoms with Crippen molar-refractivity contribution in [2.75, 3.05) is 11.1 Å². The topological polar surface area (TPSA) is 50.9 Å². The highest BCUT2D eigenvalue weighted by Crippen LogP contribution is 2.38. The van der Waals surface area contributed by atoms with Crippen LogP contribution in [-0.4, -0.2) is 10.5 Å². The standard InChI is InChI=1S/C12H19N3/c1-3-12(5-4-6-12)15-11-10(13)7-9(2)8-14-11/h7-8H,3-6,13H2,1-2H3,(H,14,15). The van der Waals surface area contributed by atoms with Crippen molar-refractivity contribution in [1.29, 1.82) is 0 Å². The van der Waals surface area contributed by atoms with Crippen LogP contribution in [0.3, 0.4) is 0 Å². The van der Waals surface area contributed by atoms with Gasteiger partial charge in [0.15, 0.2) is 0 Å². The summed E-state index contributed by atoms with van der Waals surface area (Å²) in [5.74, 6) is 0.849. The van der Waals surface area contributed by atoms with Gasteiger partial charge in [0.1, 0.15) is 5.82 Å². The number of hydrogen-bond donors (Lipinski definition) is 2. The molecule has 2 rings (SSSR count). The molecule has 15 heavy (non-hydrogen) atoms. The molecule has 1 aliphatic rings. The maximum atomic E-state index is 5.94. The van der Waals surface area contributed by atoms with Crippen molar-refractivity contribution in [2.45, 2.75) is 45.1 Å². The Morgan fingerprint density at radius 2 is 2.27 bits per heavy atom. The van der Waals surface area contributed by atoms with Crippen molar-refractivity contribution in [3.05, 3.63) is 17.8 Å². The fraction of sp³-hybridized carbons (Fsp3) is 0.583. The Balaban J connectivity index is 2.16. The highest BCUT2D eigenvalue weighted by molar-refractivity contribution is 5.62. The second-order valence-electron chi connectivity index (χ2n) is 4.56. The monoisotopic (exact) mass is 205 g/mol. The predicted octanol–water partition coefficient (Wildman–Crippen LogP) is 2.72. The molecule has 3 nitrogen and oxygen atoms in total. The number of rotatable bonds is 3. The van der Waals surface area contributed by atoms with Crippen LogP contribution in [0.25, 0.3) is 0 Å². The number of aromatic nitrogens is 1. The van der Waals surface area contributed by atoms with Gasteiger partial charge in [0.2, 0.25) is 0 Å². The van der Waals surface area contributed by atoms with E-state index in [4.69, 9.17) is 5.73 Å². The van der Waals surface area contributed by atoms with Crippen molar-refractivity contribution in [2.24, 2.45) is 0 Å². The number of nitrogens with one attached hydrogen (secondary N) is 1. The number of nitrogens with zero attached hydrogens (tertiary/aromatic N) is 1. The van der Waals surface area contributed by atoms with E-state index < -0.39 is 0 Å². The lowest BCUT2D eigenvalue weighted by molar-refractivity contribution is 0.269. The van der Waals surface area contributed by atoms with Crippen LogP contribution >= 0.6 is 0 Å². The normalized spacial score (nSPS) is 18.3. The van der Waals surface area contributed by atoms with Crippen LogP contribution in [0, 0.1) is 6.92 Å². The van der Waals surface area contributed by atoms with E-state index in [1.165, 1.54) is 19.3 Å². The summed E-state index contributed by atoms with van der Waals surface area (Å²) in [5, 5.41) is 3.50. The summed E-state index contributed by atoms with van der Waals surface area (Å²) in [4.78, 5) is 4.36. The molecule has 1 saturated carbocycles. The number of nitrogen functional groups attached to an aromatic ring is 1. The van der Waals surface area contributed by atoms with Gasteiger partial charge in [-0.05, 0) is 44.2 Å². The van der Waals surface area contributed by atoms with Crippen molar-refractivity contribution in [3.8, 4) is 0 Å². The SMILES string of the molecule is CCC1(Nc2ncc(C)cc2N)CCC1. The molecule has 1 aliphatic carbocycles. The number of hydrogen-bond acceptors (Lipinski definition) is 3. The van der Waals surface area contributed by atoms with Crippen molar-refractivity contribution < 1.29 is 0 Å². The second kappa shape index (κ2) is 3.72. The van der Waals surface area contributed by atoms with E-state index in [1.807, 2.05) is 19.2 Å². The van der Waals surface area contributed by atoms with Crippen LogP contribution in [0.5, 0.6) is 0 Å². The molecule has 0 aromatic carbocycles. The lowest BCUT2D eigenvalue weighted by Gasteiger charge is -2.42. The molecule has 1 heterocycles. The maximum Gasteiger partial charge on any atom is 0.149 e. The van der Waals surface area contributed by atoms with E-state index in [9.17, 15) is 0 Å². The molecule has 0 radical (unpaired) electrons. The maximum absolute atomic E-state index is 5.94. The average Bonchev–Trinajstić information content (AvgIpc) is 2.14. The van der Waals surface area contributed by atoms with Gasteiger partial charge >= 0.3 is 0 Å². The van der Waals surface area contributed by atoms with E-state index in [1.54, 1.807) is 0 Å². The van der Waals surface area contributed by atoms with Crippen LogP contribution < -0.4 is 11.1 Å². The highest BCUT2D eigenvalue weighted by atomic mass is 15.1. The van der Waals surface area contributed by atoms with Gasteiger partial charge in [-0.2, -0.15) is 0 Å². The zero-order valence-electron chi connectivity index (χ0n) is 9.51. The average molecular weight is 205 g/mol. The molecule has 1 aromatic heterocycles. The Morgan fingerprint density at radius 1 is 1.53 bits per heavy atom. The minimum Gasteiger partial charge on any atom is -0.396 e. The first-order valence-electron chi connectivity index (χ1n) is 5.65. The molecule has 0 bridgehead atoms. The number of pyridine rings is 1. The third kappa shape index (κ3) is 1.91. The zero-order valence-corrected chi connectivity index (χ0v) is 9.51. The van der Waals surface area contributed by atoms with Gasteiger partial charge in [0, 0.05) is 11.7 Å². The molecule has 1 aromatic rings. The molecule has 0 saturated heterocycles. The lowest BCUT2D eigenvalue weighted by atomic mass is 9.75. The fourth-order valence-corrected chi connectivity index (χ4v) is 2.12. The van der Waals surface area contributed by atoms with E-state index in [2.05, 4.69) is 17.2 Å². The first-order chi connectivity index (χ1) is 7.15. The van der Waals surface area contributed by atoms with Crippen molar-refractivity contribution >= 4 is 11.5 Å². The Bertz CT molecular complexity index is 350. The van der Waals surface area contributed by atoms with Crippen molar-refractivity contribution in [3.63, 3.8) is 0 Å². The molecular formula is C12H19N3. The summed E-state index contributed by atoms with van der Waals surface area (Å²) < 4.78 is 0. The first kappa shape index (κ1) is 10.3. The number of anilines is 2. The van der Waals surface area contributed by atoms with E-state index in [0.29, 0.717) is 0 Å². The predicted molar refractivity (Wildman–Crippen MR) is 63.9 cm³/mol. The molecular weight excluding hydrogens is 186 g/mol. The van der Waals surface area contributed by atoms with E-state index in [0.717, 1.165) is 23.5 Å². The largest absolute Gasteiger partial charge is 0.396 e. The highest BCUT2D eigenvalue weighted by Gasteiger charge is 2.35. The Labute approximate surface area is 91.1 Å². The Morgan fingerprint density at radius 3 is 2.73 bits per heavy atom. The minimum atomic E-state index is 0.260. The minimum absolute atomic E-state index is 0.260. The molecule has 3 heteroatoms. The molecule has 0 atom stereocenters. The molecule has 0 amide bonds. The summed E-state index contributed by atoms with van der Waals surface area (Å²) in [7, 11) is 0. The Hall–Kier alpha value is -1.25. The summed E-state index contributed by atoms with van der Waals surface area (Å²) in [6, 6.07) is 1.97. The van der Waals surface area contributed by atoms with Gasteiger partial charge in [0.25, 0.3) is 0 Å². The summed E-state index contributed by atoms with van der Waals surface area (Å²) in [6.45, 7) is 4.22. The summed E-state index contributed by atoms with van der Waals surface area (Å²) in [5.41, 5.74) is 8.06. The van der Waals surface area contributed by atoms with Gasteiger partial charge in [-0.3, -0.25) is 0 Å². The molecule has 82 valence electrons. The third-order valence-corrected chi connectivity index (χ3v) is 3.42. The third-order valence-electron chi connectivity index (χ3n) is 3.42. The first-order valence-corrected chi connectivity index (χ1v) is 5.65. The van der Waals surface area contributed by atoms with Crippen LogP contribution in [-0.2, 0) is 0 Å². The smallest absolute Gasteiger partial charge is 0.149 e. The molecule has 1 fully saturated rings. The molecule has 3 N–H and O–H groups in total. The van der Waals surface area contributed by atoms with Gasteiger partial charge in [-0.1, -0.05) is 6.92 Å². The lowest BCUT2D eigenvalue weighted by Crippen LogP contribution is -2.44. The van der Waals surface area contributed by atoms with E-state index in [-0.39, 0.29) is 5.54 Å².